The Morgan fingerprint density at radius 1 is 0.906 bits per heavy atom. The van der Waals surface area contributed by atoms with Gasteiger partial charge in [0, 0.05) is 24.0 Å². The molecule has 0 aliphatic carbocycles. The summed E-state index contributed by atoms with van der Waals surface area (Å²) >= 11 is 6.46. The van der Waals surface area contributed by atoms with Gasteiger partial charge in [0.2, 0.25) is 0 Å². The second-order valence-electron chi connectivity index (χ2n) is 7.08. The summed E-state index contributed by atoms with van der Waals surface area (Å²) in [6, 6.07) is 14.7. The third-order valence-electron chi connectivity index (χ3n) is 4.99. The fourth-order valence-corrected chi connectivity index (χ4v) is 3.80. The third kappa shape index (κ3) is 5.32. The Bertz CT molecular complexity index is 993. The molecule has 1 heterocycles. The normalized spacial score (nSPS) is 13.8. The van der Waals surface area contributed by atoms with Crippen molar-refractivity contribution in [2.75, 3.05) is 20.3 Å². The molecule has 0 atom stereocenters. The lowest BCUT2D eigenvalue weighted by Gasteiger charge is -2.30. The van der Waals surface area contributed by atoms with Crippen LogP contribution in [0.5, 0.6) is 5.75 Å². The molecule has 0 amide bonds. The van der Waals surface area contributed by atoms with E-state index in [-0.39, 0.29) is 13.2 Å². The predicted octanol–water partition coefficient (Wildman–Crippen LogP) is 4.84. The molecule has 0 unspecified atom stereocenters. The summed E-state index contributed by atoms with van der Waals surface area (Å²) in [7, 11) is 1.61. The predicted molar refractivity (Wildman–Crippen MR) is 122 cm³/mol. The highest BCUT2D eigenvalue weighted by atomic mass is 35.5. The summed E-state index contributed by atoms with van der Waals surface area (Å²) in [5.74, 6) is -0.968. The standard InChI is InChI=1S/C25H26ClNO5/c1-4-31-24(28)20-15-27(14-17-10-12-18(30-3)13-11-17)16-21(25(29)32-5-2)23(20)19-8-6-7-9-22(19)26/h6-13,15-16,23H,4-5,14H2,1-3H3. The van der Waals surface area contributed by atoms with Crippen LogP contribution in [0, 0.1) is 0 Å². The van der Waals surface area contributed by atoms with Crippen LogP contribution in [-0.2, 0) is 25.6 Å². The van der Waals surface area contributed by atoms with Gasteiger partial charge in [0.15, 0.2) is 0 Å². The molecule has 0 saturated carbocycles. The number of methoxy groups -OCH3 is 1. The molecule has 0 fully saturated rings. The number of hydrogen-bond acceptors (Lipinski definition) is 6. The Morgan fingerprint density at radius 2 is 1.47 bits per heavy atom. The van der Waals surface area contributed by atoms with Gasteiger partial charge >= 0.3 is 11.9 Å². The van der Waals surface area contributed by atoms with E-state index in [2.05, 4.69) is 0 Å². The lowest BCUT2D eigenvalue weighted by Crippen LogP contribution is -2.29. The minimum absolute atomic E-state index is 0.211. The van der Waals surface area contributed by atoms with Crippen molar-refractivity contribution in [2.45, 2.75) is 26.3 Å². The number of carbonyl (C=O) groups is 2. The number of rotatable bonds is 8. The molecule has 0 spiro atoms. The fourth-order valence-electron chi connectivity index (χ4n) is 3.56. The quantitative estimate of drug-likeness (QED) is 0.530. The minimum atomic E-state index is -0.700. The van der Waals surface area contributed by atoms with Gasteiger partial charge in [0.1, 0.15) is 5.75 Å². The zero-order valence-electron chi connectivity index (χ0n) is 18.3. The van der Waals surface area contributed by atoms with Crippen molar-refractivity contribution >= 4 is 23.5 Å². The van der Waals surface area contributed by atoms with E-state index in [0.717, 1.165) is 11.3 Å². The molecule has 1 aliphatic rings. The molecule has 0 N–H and O–H groups in total. The van der Waals surface area contributed by atoms with Crippen molar-refractivity contribution in [2.24, 2.45) is 0 Å². The summed E-state index contributed by atoms with van der Waals surface area (Å²) in [4.78, 5) is 27.7. The summed E-state index contributed by atoms with van der Waals surface area (Å²) in [5, 5.41) is 0.450. The van der Waals surface area contributed by atoms with Gasteiger partial charge in [0.05, 0.1) is 37.4 Å². The lowest BCUT2D eigenvalue weighted by molar-refractivity contribution is -0.139. The molecule has 3 rings (SSSR count). The van der Waals surface area contributed by atoms with Crippen LogP contribution >= 0.6 is 11.6 Å². The summed E-state index contributed by atoms with van der Waals surface area (Å²) in [6.07, 6.45) is 3.41. The first-order valence-corrected chi connectivity index (χ1v) is 10.8. The van der Waals surface area contributed by atoms with E-state index in [1.165, 1.54) is 0 Å². The SMILES string of the molecule is CCOC(=O)C1=CN(Cc2ccc(OC)cc2)C=C(C(=O)OCC)C1c1ccccc1Cl. The van der Waals surface area contributed by atoms with E-state index < -0.39 is 17.9 Å². The first-order chi connectivity index (χ1) is 15.5. The van der Waals surface area contributed by atoms with E-state index in [1.54, 1.807) is 56.5 Å². The molecule has 2 aromatic carbocycles. The van der Waals surface area contributed by atoms with Crippen molar-refractivity contribution in [3.63, 3.8) is 0 Å². The largest absolute Gasteiger partial charge is 0.497 e. The van der Waals surface area contributed by atoms with Gasteiger partial charge in [0.25, 0.3) is 0 Å². The zero-order valence-corrected chi connectivity index (χ0v) is 19.1. The number of ether oxygens (including phenoxy) is 3. The Hall–Kier alpha value is -3.25. The maximum atomic E-state index is 12.9. The average Bonchev–Trinajstić information content (AvgIpc) is 2.80. The number of nitrogens with zero attached hydrogens (tertiary/aromatic N) is 1. The Kier molecular flexibility index (Phi) is 7.95. The van der Waals surface area contributed by atoms with Crippen LogP contribution in [0.3, 0.4) is 0 Å². The van der Waals surface area contributed by atoms with Crippen LogP contribution in [0.25, 0.3) is 0 Å². The lowest BCUT2D eigenvalue weighted by atomic mass is 9.83. The van der Waals surface area contributed by atoms with E-state index in [0.29, 0.717) is 28.3 Å². The summed E-state index contributed by atoms with van der Waals surface area (Å²) in [5.41, 5.74) is 2.25. The van der Waals surface area contributed by atoms with Crippen molar-refractivity contribution in [1.82, 2.24) is 4.90 Å². The highest BCUT2D eigenvalue weighted by Gasteiger charge is 2.36. The highest BCUT2D eigenvalue weighted by molar-refractivity contribution is 6.31. The Balaban J connectivity index is 2.07. The van der Waals surface area contributed by atoms with Crippen LogP contribution in [-0.4, -0.2) is 37.2 Å². The van der Waals surface area contributed by atoms with Crippen LogP contribution in [0.1, 0.15) is 30.9 Å². The molecule has 168 valence electrons. The molecule has 7 heteroatoms. The van der Waals surface area contributed by atoms with Gasteiger partial charge in [-0.15, -0.1) is 0 Å². The summed E-state index contributed by atoms with van der Waals surface area (Å²) in [6.45, 7) is 4.34. The van der Waals surface area contributed by atoms with Gasteiger partial charge < -0.3 is 19.1 Å². The number of carbonyl (C=O) groups excluding carboxylic acids is 2. The molecule has 0 radical (unpaired) electrons. The third-order valence-corrected chi connectivity index (χ3v) is 5.34. The molecule has 32 heavy (non-hydrogen) atoms. The molecule has 2 aromatic rings. The molecule has 6 nitrogen and oxygen atoms in total. The molecule has 0 bridgehead atoms. The van der Waals surface area contributed by atoms with Gasteiger partial charge in [-0.25, -0.2) is 9.59 Å². The van der Waals surface area contributed by atoms with Crippen molar-refractivity contribution in [3.05, 3.63) is 88.2 Å². The van der Waals surface area contributed by atoms with Gasteiger partial charge in [-0.3, -0.25) is 0 Å². The van der Waals surface area contributed by atoms with Crippen LogP contribution < -0.4 is 4.74 Å². The number of halogens is 1. The fraction of sp³-hybridized carbons (Fsp3) is 0.280. The monoisotopic (exact) mass is 455 g/mol. The second-order valence-corrected chi connectivity index (χ2v) is 7.49. The maximum Gasteiger partial charge on any atom is 0.336 e. The van der Waals surface area contributed by atoms with Crippen molar-refractivity contribution in [3.8, 4) is 5.75 Å². The first kappa shape index (κ1) is 23.4. The zero-order chi connectivity index (χ0) is 23.1. The average molecular weight is 456 g/mol. The number of esters is 2. The number of hydrogen-bond donors (Lipinski definition) is 0. The van der Waals surface area contributed by atoms with Gasteiger partial charge in [-0.05, 0) is 43.2 Å². The van der Waals surface area contributed by atoms with Crippen molar-refractivity contribution < 1.29 is 23.8 Å². The summed E-state index contributed by atoms with van der Waals surface area (Å²) < 4.78 is 15.8. The van der Waals surface area contributed by atoms with Gasteiger partial charge in [-0.1, -0.05) is 41.9 Å². The number of benzene rings is 2. The molecular weight excluding hydrogens is 430 g/mol. The second kappa shape index (κ2) is 10.9. The molecule has 0 saturated heterocycles. The van der Waals surface area contributed by atoms with E-state index in [1.807, 2.05) is 30.3 Å². The van der Waals surface area contributed by atoms with Crippen LogP contribution in [0.4, 0.5) is 0 Å². The van der Waals surface area contributed by atoms with Crippen molar-refractivity contribution in [1.29, 1.82) is 0 Å². The smallest absolute Gasteiger partial charge is 0.336 e. The van der Waals surface area contributed by atoms with Gasteiger partial charge in [-0.2, -0.15) is 0 Å². The van der Waals surface area contributed by atoms with E-state index in [9.17, 15) is 9.59 Å². The maximum absolute atomic E-state index is 12.9. The molecule has 0 aromatic heterocycles. The minimum Gasteiger partial charge on any atom is -0.497 e. The van der Waals surface area contributed by atoms with E-state index in [4.69, 9.17) is 25.8 Å². The van der Waals surface area contributed by atoms with E-state index >= 15 is 0 Å². The Labute approximate surface area is 193 Å². The van der Waals surface area contributed by atoms with Crippen LogP contribution in [0.15, 0.2) is 72.1 Å². The first-order valence-electron chi connectivity index (χ1n) is 10.4. The molecule has 1 aliphatic heterocycles. The molecular formula is C25H26ClNO5. The van der Waals surface area contributed by atoms with Crippen LogP contribution in [0.2, 0.25) is 5.02 Å². The highest BCUT2D eigenvalue weighted by Crippen LogP contribution is 2.40. The Morgan fingerprint density at radius 3 is 1.97 bits per heavy atom. The topological polar surface area (TPSA) is 65.1 Å².